The number of carboxylic acids is 1. The molecule has 1 aliphatic heterocycles. The number of hydrogen-bond acceptors (Lipinski definition) is 3. The van der Waals surface area contributed by atoms with Crippen molar-refractivity contribution in [3.63, 3.8) is 0 Å². The van der Waals surface area contributed by atoms with Gasteiger partial charge in [0.1, 0.15) is 5.75 Å². The van der Waals surface area contributed by atoms with E-state index in [0.29, 0.717) is 17.1 Å². The van der Waals surface area contributed by atoms with E-state index in [4.69, 9.17) is 9.84 Å². The lowest BCUT2D eigenvalue weighted by Gasteiger charge is -2.30. The van der Waals surface area contributed by atoms with Crippen LogP contribution in [0.3, 0.4) is 0 Å². The number of likely N-dealkylation sites (tertiary alicyclic amines) is 1. The summed E-state index contributed by atoms with van der Waals surface area (Å²) in [5.74, 6) is 0.279. The molecule has 142 valence electrons. The third kappa shape index (κ3) is 4.01. The van der Waals surface area contributed by atoms with E-state index in [1.807, 2.05) is 24.3 Å². The number of benzene rings is 2. The van der Waals surface area contributed by atoms with Gasteiger partial charge in [0.15, 0.2) is 6.61 Å². The van der Waals surface area contributed by atoms with Crippen molar-refractivity contribution in [1.29, 1.82) is 0 Å². The Balaban J connectivity index is 1.45. The molecule has 1 saturated heterocycles. The van der Waals surface area contributed by atoms with Gasteiger partial charge in [0.05, 0.1) is 0 Å². The zero-order valence-corrected chi connectivity index (χ0v) is 15.6. The Hall–Kier alpha value is -2.33. The Kier molecular flexibility index (Phi) is 5.17. The minimum Gasteiger partial charge on any atom is -0.482 e. The number of nitrogens with zero attached hydrogens (tertiary/aromatic N) is 1. The number of rotatable bonds is 6. The molecule has 4 heteroatoms. The second-order valence-corrected chi connectivity index (χ2v) is 8.03. The molecule has 0 aromatic heterocycles. The van der Waals surface area contributed by atoms with E-state index in [0.717, 1.165) is 13.1 Å². The van der Waals surface area contributed by atoms with E-state index >= 15 is 0 Å². The van der Waals surface area contributed by atoms with Crippen molar-refractivity contribution >= 4 is 5.97 Å². The predicted octanol–water partition coefficient (Wildman–Crippen LogP) is 4.31. The Morgan fingerprint density at radius 3 is 2.44 bits per heavy atom. The summed E-state index contributed by atoms with van der Waals surface area (Å²) in [5, 5.41) is 8.71. The Morgan fingerprint density at radius 2 is 1.78 bits per heavy atom. The molecule has 0 amide bonds. The van der Waals surface area contributed by atoms with Crippen LogP contribution in [0.25, 0.3) is 0 Å². The number of carboxylic acid groups (broad SMARTS) is 1. The van der Waals surface area contributed by atoms with Gasteiger partial charge in [-0.1, -0.05) is 55.3 Å². The average Bonchev–Trinajstić information content (AvgIpc) is 3.29. The molecule has 1 aliphatic carbocycles. The van der Waals surface area contributed by atoms with Crippen LogP contribution >= 0.6 is 0 Å². The van der Waals surface area contributed by atoms with Crippen molar-refractivity contribution in [1.82, 2.24) is 4.90 Å². The highest BCUT2D eigenvalue weighted by Crippen LogP contribution is 2.53. The first kappa shape index (κ1) is 18.1. The number of hydrogen-bond donors (Lipinski definition) is 1. The molecule has 1 N–H and O–H groups in total. The van der Waals surface area contributed by atoms with Gasteiger partial charge in [-0.15, -0.1) is 0 Å². The smallest absolute Gasteiger partial charge is 0.341 e. The molecule has 2 aromatic rings. The highest BCUT2D eigenvalue weighted by Gasteiger charge is 2.48. The fraction of sp³-hybridized carbons (Fsp3) is 0.435. The van der Waals surface area contributed by atoms with E-state index in [-0.39, 0.29) is 6.61 Å². The highest BCUT2D eigenvalue weighted by molar-refractivity contribution is 5.68. The highest BCUT2D eigenvalue weighted by atomic mass is 16.5. The average molecular weight is 365 g/mol. The Morgan fingerprint density at radius 1 is 1.07 bits per heavy atom. The lowest BCUT2D eigenvalue weighted by atomic mass is 9.73. The molecular weight excluding hydrogens is 338 g/mol. The molecule has 27 heavy (non-hydrogen) atoms. The minimum atomic E-state index is -0.954. The van der Waals surface area contributed by atoms with E-state index in [1.165, 1.54) is 43.4 Å². The second kappa shape index (κ2) is 7.73. The summed E-state index contributed by atoms with van der Waals surface area (Å²) in [6.45, 7) is 2.92. The predicted molar refractivity (Wildman–Crippen MR) is 105 cm³/mol. The summed E-state index contributed by atoms with van der Waals surface area (Å²) in [4.78, 5) is 13.2. The quantitative estimate of drug-likeness (QED) is 0.829. The maximum atomic E-state index is 10.6. The van der Waals surface area contributed by atoms with Gasteiger partial charge in [-0.2, -0.15) is 0 Å². The third-order valence-corrected chi connectivity index (χ3v) is 6.21. The summed E-state index contributed by atoms with van der Waals surface area (Å²) >= 11 is 0. The van der Waals surface area contributed by atoms with Crippen LogP contribution in [0, 0.1) is 5.41 Å². The van der Waals surface area contributed by atoms with Gasteiger partial charge in [0.25, 0.3) is 0 Å². The maximum Gasteiger partial charge on any atom is 0.341 e. The molecular formula is C23H27NO3. The zero-order valence-electron chi connectivity index (χ0n) is 15.6. The summed E-state index contributed by atoms with van der Waals surface area (Å²) in [6, 6.07) is 18.9. The van der Waals surface area contributed by atoms with Crippen LogP contribution in [-0.4, -0.2) is 35.7 Å². The van der Waals surface area contributed by atoms with Crippen LogP contribution in [0.2, 0.25) is 0 Å². The van der Waals surface area contributed by atoms with Crippen LogP contribution < -0.4 is 4.74 Å². The summed E-state index contributed by atoms with van der Waals surface area (Å²) in [6.07, 6.45) is 5.38. The fourth-order valence-corrected chi connectivity index (χ4v) is 5.02. The number of carbonyl (C=O) groups is 1. The van der Waals surface area contributed by atoms with Crippen LogP contribution in [0.5, 0.6) is 5.75 Å². The maximum absolute atomic E-state index is 10.6. The number of aliphatic carboxylic acids is 1. The van der Waals surface area contributed by atoms with Crippen molar-refractivity contribution < 1.29 is 14.6 Å². The van der Waals surface area contributed by atoms with Crippen molar-refractivity contribution in [3.05, 3.63) is 65.7 Å². The van der Waals surface area contributed by atoms with Crippen LogP contribution in [0.1, 0.15) is 42.7 Å². The first-order chi connectivity index (χ1) is 13.1. The Labute approximate surface area is 160 Å². The van der Waals surface area contributed by atoms with Gasteiger partial charge in [0, 0.05) is 25.6 Å². The summed E-state index contributed by atoms with van der Waals surface area (Å²) in [5.41, 5.74) is 3.17. The molecule has 4 nitrogen and oxygen atoms in total. The van der Waals surface area contributed by atoms with E-state index < -0.39 is 5.97 Å². The molecule has 1 atom stereocenters. The van der Waals surface area contributed by atoms with Gasteiger partial charge >= 0.3 is 5.97 Å². The SMILES string of the molecule is O=C(O)COc1ccc(CN2C[C@H](c3ccccc3)C3(CCCC3)C2)cc1. The lowest BCUT2D eigenvalue weighted by molar-refractivity contribution is -0.139. The van der Waals surface area contributed by atoms with Crippen molar-refractivity contribution in [2.24, 2.45) is 5.41 Å². The minimum absolute atomic E-state index is 0.299. The van der Waals surface area contributed by atoms with Gasteiger partial charge in [-0.25, -0.2) is 4.79 Å². The molecule has 1 spiro atoms. The van der Waals surface area contributed by atoms with Crippen molar-refractivity contribution in [2.45, 2.75) is 38.1 Å². The number of ether oxygens (including phenoxy) is 1. The first-order valence-corrected chi connectivity index (χ1v) is 9.85. The van der Waals surface area contributed by atoms with Crippen molar-refractivity contribution in [2.75, 3.05) is 19.7 Å². The van der Waals surface area contributed by atoms with E-state index in [2.05, 4.69) is 35.2 Å². The van der Waals surface area contributed by atoms with Gasteiger partial charge < -0.3 is 9.84 Å². The lowest BCUT2D eigenvalue weighted by Crippen LogP contribution is -2.26. The largest absolute Gasteiger partial charge is 0.482 e. The third-order valence-electron chi connectivity index (χ3n) is 6.21. The molecule has 0 unspecified atom stereocenters. The topological polar surface area (TPSA) is 49.8 Å². The summed E-state index contributed by atoms with van der Waals surface area (Å²) < 4.78 is 5.23. The monoisotopic (exact) mass is 365 g/mol. The first-order valence-electron chi connectivity index (χ1n) is 9.85. The standard InChI is InChI=1S/C23H27NO3/c25-22(26)16-27-20-10-8-18(9-11-20)14-24-15-21(19-6-2-1-3-7-19)23(17-24)12-4-5-13-23/h1-3,6-11,21H,4-5,12-17H2,(H,25,26)/t21-/m1/s1. The fourth-order valence-electron chi connectivity index (χ4n) is 5.02. The van der Waals surface area contributed by atoms with Crippen LogP contribution in [-0.2, 0) is 11.3 Å². The molecule has 2 aliphatic rings. The molecule has 1 heterocycles. The molecule has 1 saturated carbocycles. The van der Waals surface area contributed by atoms with Crippen LogP contribution in [0.15, 0.2) is 54.6 Å². The van der Waals surface area contributed by atoms with E-state index in [1.54, 1.807) is 0 Å². The normalized spacial score (nSPS) is 21.6. The van der Waals surface area contributed by atoms with Gasteiger partial charge in [-0.3, -0.25) is 4.90 Å². The molecule has 0 radical (unpaired) electrons. The zero-order chi connectivity index (χ0) is 18.7. The molecule has 2 fully saturated rings. The molecule has 2 aromatic carbocycles. The van der Waals surface area contributed by atoms with Crippen LogP contribution in [0.4, 0.5) is 0 Å². The molecule has 0 bridgehead atoms. The second-order valence-electron chi connectivity index (χ2n) is 8.03. The summed E-state index contributed by atoms with van der Waals surface area (Å²) in [7, 11) is 0. The molecule has 4 rings (SSSR count). The Bertz CT molecular complexity index is 766. The van der Waals surface area contributed by atoms with E-state index in [9.17, 15) is 4.79 Å². The van der Waals surface area contributed by atoms with Crippen molar-refractivity contribution in [3.8, 4) is 5.75 Å². The van der Waals surface area contributed by atoms with Gasteiger partial charge in [0.2, 0.25) is 0 Å². The van der Waals surface area contributed by atoms with Gasteiger partial charge in [-0.05, 0) is 41.5 Å².